The standard InChI is InChI=1S/C26H28N6O4S/c27-26(35)32(31-11-13-36-14-12-31)17-8-4-7-16-20(17)24(33)21-22(16)29-30-23(21)18-9-10-19(37-18)25(34)28-15-5-2-1-3-6-15/h4,7-10,15H,1-3,5-6,11-14H2,(H2,27,35)(H,28,34)(H,29,30). The van der Waals surface area contributed by atoms with E-state index in [0.29, 0.717) is 64.9 Å². The topological polar surface area (TPSA) is 134 Å². The Balaban J connectivity index is 1.31. The lowest BCUT2D eigenvalue weighted by Crippen LogP contribution is -2.54. The van der Waals surface area contributed by atoms with Gasteiger partial charge in [-0.05, 0) is 31.0 Å². The number of carbonyl (C=O) groups is 3. The van der Waals surface area contributed by atoms with Gasteiger partial charge in [0, 0.05) is 24.7 Å². The molecule has 1 saturated carbocycles. The quantitative estimate of drug-likeness (QED) is 0.369. The molecule has 0 bridgehead atoms. The second-order valence-electron chi connectivity index (χ2n) is 9.54. The highest BCUT2D eigenvalue weighted by atomic mass is 32.1. The minimum Gasteiger partial charge on any atom is -0.379 e. The van der Waals surface area contributed by atoms with Gasteiger partial charge in [0.05, 0.1) is 45.5 Å². The summed E-state index contributed by atoms with van der Waals surface area (Å²) >= 11 is 1.33. The van der Waals surface area contributed by atoms with Gasteiger partial charge >= 0.3 is 6.03 Å². The van der Waals surface area contributed by atoms with Gasteiger partial charge in [0.15, 0.2) is 5.78 Å². The number of aromatic amines is 1. The van der Waals surface area contributed by atoms with Crippen molar-refractivity contribution in [2.45, 2.75) is 38.1 Å². The van der Waals surface area contributed by atoms with E-state index in [2.05, 4.69) is 15.5 Å². The summed E-state index contributed by atoms with van der Waals surface area (Å²) < 4.78 is 5.41. The number of H-pyrrole nitrogens is 1. The zero-order valence-corrected chi connectivity index (χ0v) is 21.1. The summed E-state index contributed by atoms with van der Waals surface area (Å²) in [5.41, 5.74) is 8.79. The number of anilines is 1. The fourth-order valence-electron chi connectivity index (χ4n) is 5.48. The Labute approximate surface area is 217 Å². The maximum Gasteiger partial charge on any atom is 0.334 e. The zero-order valence-electron chi connectivity index (χ0n) is 20.3. The highest BCUT2D eigenvalue weighted by Gasteiger charge is 2.38. The monoisotopic (exact) mass is 520 g/mol. The number of ketones is 1. The summed E-state index contributed by atoms with van der Waals surface area (Å²) in [7, 11) is 0. The molecule has 3 aliphatic rings. The average Bonchev–Trinajstić information content (AvgIpc) is 3.62. The van der Waals surface area contributed by atoms with Gasteiger partial charge in [-0.1, -0.05) is 31.4 Å². The molecule has 1 saturated heterocycles. The molecule has 6 rings (SSSR count). The number of benzene rings is 1. The Morgan fingerprint density at radius 1 is 1.11 bits per heavy atom. The Kier molecular flexibility index (Phi) is 6.27. The molecule has 2 aliphatic carbocycles. The first-order valence-corrected chi connectivity index (χ1v) is 13.4. The van der Waals surface area contributed by atoms with Gasteiger partial charge in [-0.25, -0.2) is 14.8 Å². The number of fused-ring (bicyclic) bond motifs is 3. The number of nitrogens with one attached hydrogen (secondary N) is 2. The largest absolute Gasteiger partial charge is 0.379 e. The SMILES string of the molecule is NC(=O)N(c1cccc2c1C(=O)c1c-2n[nH]c1-c1ccc(C(=O)NC2CCCCC2)s1)N1CCOCC1. The zero-order chi connectivity index (χ0) is 25.5. The van der Waals surface area contributed by atoms with Gasteiger partial charge in [0.1, 0.15) is 5.69 Å². The molecule has 192 valence electrons. The molecule has 3 heterocycles. The summed E-state index contributed by atoms with van der Waals surface area (Å²) in [6, 6.07) is 8.53. The Bertz CT molecular complexity index is 1370. The number of morpholine rings is 1. The number of nitrogens with two attached hydrogens (primary N) is 1. The molecule has 3 amide bonds. The lowest BCUT2D eigenvalue weighted by molar-refractivity contribution is 0.0364. The summed E-state index contributed by atoms with van der Waals surface area (Å²) in [6.07, 6.45) is 5.54. The molecule has 0 spiro atoms. The molecule has 4 N–H and O–H groups in total. The molecular formula is C26H28N6O4S. The van der Waals surface area contributed by atoms with Crippen LogP contribution in [0.25, 0.3) is 21.8 Å². The Morgan fingerprint density at radius 3 is 2.65 bits per heavy atom. The number of amides is 3. The molecule has 37 heavy (non-hydrogen) atoms. The fourth-order valence-corrected chi connectivity index (χ4v) is 6.39. The second-order valence-corrected chi connectivity index (χ2v) is 10.6. The van der Waals surface area contributed by atoms with Crippen LogP contribution in [-0.2, 0) is 4.74 Å². The molecule has 1 aromatic carbocycles. The second kappa shape index (κ2) is 9.73. The van der Waals surface area contributed by atoms with E-state index >= 15 is 0 Å². The van der Waals surface area contributed by atoms with Crippen LogP contribution in [0, 0.1) is 0 Å². The molecule has 10 nitrogen and oxygen atoms in total. The predicted octanol–water partition coefficient (Wildman–Crippen LogP) is 3.54. The van der Waals surface area contributed by atoms with Crippen LogP contribution in [0.3, 0.4) is 0 Å². The maximum absolute atomic E-state index is 13.8. The van der Waals surface area contributed by atoms with Crippen molar-refractivity contribution in [1.82, 2.24) is 20.5 Å². The lowest BCUT2D eigenvalue weighted by atomic mass is 9.95. The van der Waals surface area contributed by atoms with Gasteiger partial charge in [0.2, 0.25) is 0 Å². The predicted molar refractivity (Wildman–Crippen MR) is 140 cm³/mol. The van der Waals surface area contributed by atoms with Crippen LogP contribution in [0.1, 0.15) is 57.7 Å². The van der Waals surface area contributed by atoms with Crippen molar-refractivity contribution in [2.24, 2.45) is 5.73 Å². The average molecular weight is 521 g/mol. The van der Waals surface area contributed by atoms with E-state index in [1.807, 2.05) is 12.1 Å². The summed E-state index contributed by atoms with van der Waals surface area (Å²) in [5, 5.41) is 13.8. The van der Waals surface area contributed by atoms with E-state index in [-0.39, 0.29) is 17.7 Å². The normalized spacial score (nSPS) is 17.9. The first-order valence-electron chi connectivity index (χ1n) is 12.6. The van der Waals surface area contributed by atoms with Gasteiger partial charge in [-0.3, -0.25) is 14.7 Å². The number of hydrogen-bond donors (Lipinski definition) is 3. The number of thiophene rings is 1. The van der Waals surface area contributed by atoms with Gasteiger partial charge in [-0.15, -0.1) is 11.3 Å². The van der Waals surface area contributed by atoms with E-state index in [1.54, 1.807) is 23.2 Å². The number of hydrogen-bond acceptors (Lipinski definition) is 7. The number of nitrogens with zero attached hydrogens (tertiary/aromatic N) is 3. The Morgan fingerprint density at radius 2 is 1.89 bits per heavy atom. The lowest BCUT2D eigenvalue weighted by Gasteiger charge is -2.36. The number of carbonyl (C=O) groups excluding carboxylic acids is 3. The number of rotatable bonds is 5. The van der Waals surface area contributed by atoms with Crippen LogP contribution in [0.5, 0.6) is 0 Å². The molecule has 0 unspecified atom stereocenters. The number of urea groups is 1. The van der Waals surface area contributed by atoms with Gasteiger partial charge in [-0.2, -0.15) is 5.10 Å². The third-order valence-electron chi connectivity index (χ3n) is 7.24. The van der Waals surface area contributed by atoms with Crippen LogP contribution < -0.4 is 16.1 Å². The van der Waals surface area contributed by atoms with Crippen LogP contribution in [-0.4, -0.2) is 65.3 Å². The fraction of sp³-hybridized carbons (Fsp3) is 0.385. The first kappa shape index (κ1) is 23.8. The van der Waals surface area contributed by atoms with Crippen molar-refractivity contribution in [1.29, 1.82) is 0 Å². The Hall–Kier alpha value is -3.54. The van der Waals surface area contributed by atoms with E-state index in [4.69, 9.17) is 10.5 Å². The number of hydrazine groups is 1. The molecule has 0 atom stereocenters. The number of aromatic nitrogens is 2. The van der Waals surface area contributed by atoms with E-state index < -0.39 is 6.03 Å². The van der Waals surface area contributed by atoms with E-state index in [0.717, 1.165) is 30.6 Å². The summed E-state index contributed by atoms with van der Waals surface area (Å²) in [5.74, 6) is -0.315. The highest BCUT2D eigenvalue weighted by Crippen LogP contribution is 2.45. The summed E-state index contributed by atoms with van der Waals surface area (Å²) in [4.78, 5) is 40.5. The third kappa shape index (κ3) is 4.22. The van der Waals surface area contributed by atoms with Gasteiger partial charge < -0.3 is 15.8 Å². The molecule has 11 heteroatoms. The van der Waals surface area contributed by atoms with Crippen molar-refractivity contribution in [3.8, 4) is 21.8 Å². The van der Waals surface area contributed by atoms with Crippen molar-refractivity contribution < 1.29 is 19.1 Å². The van der Waals surface area contributed by atoms with Crippen LogP contribution in [0.2, 0.25) is 0 Å². The highest BCUT2D eigenvalue weighted by molar-refractivity contribution is 7.17. The van der Waals surface area contributed by atoms with Gasteiger partial charge in [0.25, 0.3) is 5.91 Å². The number of primary amides is 1. The number of ether oxygens (including phenoxy) is 1. The van der Waals surface area contributed by atoms with E-state index in [9.17, 15) is 14.4 Å². The first-order chi connectivity index (χ1) is 18.0. The van der Waals surface area contributed by atoms with Crippen LogP contribution in [0.15, 0.2) is 30.3 Å². The van der Waals surface area contributed by atoms with E-state index in [1.165, 1.54) is 22.8 Å². The molecule has 2 fully saturated rings. The minimum atomic E-state index is -0.665. The van der Waals surface area contributed by atoms with Crippen molar-refractivity contribution in [3.05, 3.63) is 46.3 Å². The molecule has 2 aromatic heterocycles. The van der Waals surface area contributed by atoms with Crippen LogP contribution >= 0.6 is 11.3 Å². The molecule has 3 aromatic rings. The molecular weight excluding hydrogens is 492 g/mol. The molecule has 1 aliphatic heterocycles. The summed E-state index contributed by atoms with van der Waals surface area (Å²) in [6.45, 7) is 1.90. The van der Waals surface area contributed by atoms with Crippen molar-refractivity contribution in [3.63, 3.8) is 0 Å². The maximum atomic E-state index is 13.8. The van der Waals surface area contributed by atoms with Crippen molar-refractivity contribution in [2.75, 3.05) is 31.3 Å². The third-order valence-corrected chi connectivity index (χ3v) is 8.34. The minimum absolute atomic E-state index is 0.0844. The van der Waals surface area contributed by atoms with Crippen molar-refractivity contribution >= 4 is 34.7 Å². The molecule has 0 radical (unpaired) electrons. The smallest absolute Gasteiger partial charge is 0.334 e. The van der Waals surface area contributed by atoms with Crippen LogP contribution in [0.4, 0.5) is 10.5 Å².